The number of aliphatic imine (C=N–C) groups is 1. The van der Waals surface area contributed by atoms with Crippen LogP contribution in [0, 0.1) is 13.8 Å². The van der Waals surface area contributed by atoms with Gasteiger partial charge < -0.3 is 20.5 Å². The zero-order valence-electron chi connectivity index (χ0n) is 14.9. The maximum Gasteiger partial charge on any atom is 0.191 e. The second kappa shape index (κ2) is 10.4. The number of aromatic nitrogens is 1. The Kier molecular flexibility index (Phi) is 8.98. The van der Waals surface area contributed by atoms with Crippen molar-refractivity contribution < 1.29 is 9.84 Å². The van der Waals surface area contributed by atoms with Gasteiger partial charge in [-0.2, -0.15) is 0 Å². The fourth-order valence-electron chi connectivity index (χ4n) is 2.10. The van der Waals surface area contributed by atoms with E-state index in [0.717, 1.165) is 17.2 Å². The largest absolute Gasteiger partial charge is 0.508 e. The quantitative estimate of drug-likeness (QED) is 0.339. The van der Waals surface area contributed by atoms with E-state index in [9.17, 15) is 5.11 Å². The van der Waals surface area contributed by atoms with E-state index in [-0.39, 0.29) is 29.7 Å². The van der Waals surface area contributed by atoms with E-state index in [1.165, 1.54) is 4.88 Å². The predicted molar refractivity (Wildman–Crippen MR) is 113 cm³/mol. The second-order valence-electron chi connectivity index (χ2n) is 5.29. The van der Waals surface area contributed by atoms with Crippen molar-refractivity contribution in [3.05, 3.63) is 39.3 Å². The Labute approximate surface area is 169 Å². The first-order valence-electron chi connectivity index (χ1n) is 7.84. The third-order valence-corrected chi connectivity index (χ3v) is 4.59. The molecule has 3 N–H and O–H groups in total. The van der Waals surface area contributed by atoms with Crippen molar-refractivity contribution in [1.82, 2.24) is 15.6 Å². The standard InChI is InChI=1S/C17H24N4O2S.HI/c1-5-18-17(20-10-16-21-11(2)12(3)24-16)19-9-13-8-14(23-4)6-7-15(13)22;/h6-8,22H,5,9-10H2,1-4H3,(H2,18,19,20);1H. The number of thiazole rings is 1. The van der Waals surface area contributed by atoms with Crippen LogP contribution in [0.5, 0.6) is 11.5 Å². The molecule has 0 aliphatic rings. The number of rotatable bonds is 6. The lowest BCUT2D eigenvalue weighted by atomic mass is 10.2. The summed E-state index contributed by atoms with van der Waals surface area (Å²) in [5.41, 5.74) is 1.78. The lowest BCUT2D eigenvalue weighted by Gasteiger charge is -2.11. The lowest BCUT2D eigenvalue weighted by molar-refractivity contribution is 0.411. The monoisotopic (exact) mass is 476 g/mol. The van der Waals surface area contributed by atoms with Crippen LogP contribution < -0.4 is 15.4 Å². The maximum absolute atomic E-state index is 9.94. The number of ether oxygens (including phenoxy) is 1. The molecule has 2 rings (SSSR count). The fourth-order valence-corrected chi connectivity index (χ4v) is 2.97. The molecular weight excluding hydrogens is 451 g/mol. The molecule has 0 aliphatic carbocycles. The van der Waals surface area contributed by atoms with Gasteiger partial charge in [-0.15, -0.1) is 35.3 Å². The van der Waals surface area contributed by atoms with Gasteiger partial charge in [-0.25, -0.2) is 9.98 Å². The minimum atomic E-state index is 0. The zero-order chi connectivity index (χ0) is 17.5. The van der Waals surface area contributed by atoms with E-state index in [0.29, 0.717) is 30.4 Å². The van der Waals surface area contributed by atoms with Crippen molar-refractivity contribution in [3.8, 4) is 11.5 Å². The summed E-state index contributed by atoms with van der Waals surface area (Å²) in [7, 11) is 1.60. The molecule has 1 heterocycles. The summed E-state index contributed by atoms with van der Waals surface area (Å²) in [6, 6.07) is 5.13. The van der Waals surface area contributed by atoms with Crippen molar-refractivity contribution in [1.29, 1.82) is 0 Å². The molecule has 0 aliphatic heterocycles. The number of halogens is 1. The Morgan fingerprint density at radius 3 is 2.68 bits per heavy atom. The van der Waals surface area contributed by atoms with Crippen LogP contribution in [0.2, 0.25) is 0 Å². The number of nitrogens with one attached hydrogen (secondary N) is 2. The number of nitrogens with zero attached hydrogens (tertiary/aromatic N) is 2. The Morgan fingerprint density at radius 2 is 2.08 bits per heavy atom. The van der Waals surface area contributed by atoms with Crippen LogP contribution in [0.1, 0.15) is 28.1 Å². The van der Waals surface area contributed by atoms with Crippen molar-refractivity contribution in [2.75, 3.05) is 13.7 Å². The van der Waals surface area contributed by atoms with E-state index in [4.69, 9.17) is 4.74 Å². The molecule has 0 atom stereocenters. The van der Waals surface area contributed by atoms with Crippen molar-refractivity contribution in [3.63, 3.8) is 0 Å². The van der Waals surface area contributed by atoms with Crippen LogP contribution in [0.3, 0.4) is 0 Å². The van der Waals surface area contributed by atoms with Crippen molar-refractivity contribution in [2.45, 2.75) is 33.9 Å². The van der Waals surface area contributed by atoms with Gasteiger partial charge in [-0.3, -0.25) is 0 Å². The summed E-state index contributed by atoms with van der Waals surface area (Å²) in [4.78, 5) is 10.3. The number of benzene rings is 1. The van der Waals surface area contributed by atoms with Gasteiger partial charge in [-0.1, -0.05) is 0 Å². The van der Waals surface area contributed by atoms with Crippen LogP contribution in [-0.2, 0) is 13.1 Å². The van der Waals surface area contributed by atoms with Gasteiger partial charge in [0.25, 0.3) is 0 Å². The minimum Gasteiger partial charge on any atom is -0.508 e. The molecule has 0 unspecified atom stereocenters. The fraction of sp³-hybridized carbons (Fsp3) is 0.412. The van der Waals surface area contributed by atoms with Gasteiger partial charge in [0, 0.05) is 17.0 Å². The minimum absolute atomic E-state index is 0. The highest BCUT2D eigenvalue weighted by atomic mass is 127. The van der Waals surface area contributed by atoms with Gasteiger partial charge in [0.05, 0.1) is 25.9 Å². The molecule has 0 bridgehead atoms. The lowest BCUT2D eigenvalue weighted by Crippen LogP contribution is -2.36. The molecule has 0 radical (unpaired) electrons. The molecule has 1 aromatic carbocycles. The Hall–Kier alpha value is -1.55. The van der Waals surface area contributed by atoms with E-state index < -0.39 is 0 Å². The second-order valence-corrected chi connectivity index (χ2v) is 6.58. The summed E-state index contributed by atoms with van der Waals surface area (Å²) in [6.45, 7) is 7.83. The molecule has 25 heavy (non-hydrogen) atoms. The third-order valence-electron chi connectivity index (χ3n) is 3.52. The topological polar surface area (TPSA) is 78.8 Å². The van der Waals surface area contributed by atoms with Crippen LogP contribution >= 0.6 is 35.3 Å². The van der Waals surface area contributed by atoms with Crippen LogP contribution in [-0.4, -0.2) is 29.7 Å². The summed E-state index contributed by atoms with van der Waals surface area (Å²) in [5.74, 6) is 1.59. The van der Waals surface area contributed by atoms with Gasteiger partial charge in [0.1, 0.15) is 16.5 Å². The van der Waals surface area contributed by atoms with Gasteiger partial charge >= 0.3 is 0 Å². The number of aryl methyl sites for hydroxylation is 2. The molecule has 2 aromatic rings. The van der Waals surface area contributed by atoms with E-state index in [1.54, 1.807) is 36.6 Å². The predicted octanol–water partition coefficient (Wildman–Crippen LogP) is 3.35. The summed E-state index contributed by atoms with van der Waals surface area (Å²) >= 11 is 1.68. The van der Waals surface area contributed by atoms with Gasteiger partial charge in [-0.05, 0) is 39.0 Å². The van der Waals surface area contributed by atoms with Crippen molar-refractivity contribution >= 4 is 41.3 Å². The van der Waals surface area contributed by atoms with Crippen LogP contribution in [0.15, 0.2) is 23.2 Å². The highest BCUT2D eigenvalue weighted by Crippen LogP contribution is 2.23. The number of hydrogen-bond donors (Lipinski definition) is 3. The summed E-state index contributed by atoms with van der Waals surface area (Å²) in [5, 5.41) is 17.4. The SMILES string of the molecule is CCNC(=NCc1cc(OC)ccc1O)NCc1nc(C)c(C)s1.I. The normalized spacial score (nSPS) is 11.0. The molecule has 0 fully saturated rings. The molecule has 1 aromatic heterocycles. The smallest absolute Gasteiger partial charge is 0.191 e. The van der Waals surface area contributed by atoms with Crippen LogP contribution in [0.25, 0.3) is 0 Å². The number of aromatic hydroxyl groups is 1. The summed E-state index contributed by atoms with van der Waals surface area (Å²) in [6.07, 6.45) is 0. The van der Waals surface area contributed by atoms with E-state index in [2.05, 4.69) is 27.5 Å². The number of methoxy groups -OCH3 is 1. The third kappa shape index (κ3) is 6.35. The highest BCUT2D eigenvalue weighted by molar-refractivity contribution is 14.0. The Bertz CT molecular complexity index is 699. The molecule has 0 amide bonds. The first kappa shape index (κ1) is 21.5. The Balaban J connectivity index is 0.00000312. The average molecular weight is 476 g/mol. The number of phenolic OH excluding ortho intramolecular Hbond substituents is 1. The Morgan fingerprint density at radius 1 is 1.32 bits per heavy atom. The van der Waals surface area contributed by atoms with Crippen LogP contribution in [0.4, 0.5) is 0 Å². The van der Waals surface area contributed by atoms with E-state index in [1.807, 2.05) is 13.8 Å². The molecule has 8 heteroatoms. The number of guanidine groups is 1. The zero-order valence-corrected chi connectivity index (χ0v) is 18.1. The first-order chi connectivity index (χ1) is 11.5. The van der Waals surface area contributed by atoms with E-state index >= 15 is 0 Å². The molecule has 6 nitrogen and oxygen atoms in total. The molecule has 0 saturated heterocycles. The number of hydrogen-bond acceptors (Lipinski definition) is 5. The molecule has 0 spiro atoms. The number of phenols is 1. The maximum atomic E-state index is 9.94. The molecular formula is C17H25IN4O2S. The van der Waals surface area contributed by atoms with Crippen molar-refractivity contribution in [2.24, 2.45) is 4.99 Å². The summed E-state index contributed by atoms with van der Waals surface area (Å²) < 4.78 is 5.19. The highest BCUT2D eigenvalue weighted by Gasteiger charge is 2.06. The molecule has 138 valence electrons. The van der Waals surface area contributed by atoms with Gasteiger partial charge in [0.15, 0.2) is 5.96 Å². The first-order valence-corrected chi connectivity index (χ1v) is 8.66. The molecule has 0 saturated carbocycles. The van der Waals surface area contributed by atoms with Gasteiger partial charge in [0.2, 0.25) is 0 Å². The average Bonchev–Trinajstić information content (AvgIpc) is 2.89.